The molecule has 1 aromatic rings. The summed E-state index contributed by atoms with van der Waals surface area (Å²) in [6, 6.07) is 5.13. The first kappa shape index (κ1) is 22.0. The van der Waals surface area contributed by atoms with Crippen LogP contribution in [-0.4, -0.2) is 45.1 Å². The number of ether oxygens (including phenoxy) is 4. The summed E-state index contributed by atoms with van der Waals surface area (Å²) < 4.78 is 21.5. The van der Waals surface area contributed by atoms with E-state index in [1.165, 1.54) is 0 Å². The van der Waals surface area contributed by atoms with Gasteiger partial charge in [0, 0.05) is 12.8 Å². The number of nitrogens with one attached hydrogen (secondary N) is 2. The number of carbonyl (C=O) groups is 1. The molecule has 154 valence electrons. The van der Waals surface area contributed by atoms with Crippen LogP contribution in [0.25, 0.3) is 0 Å². The standard InChI is InChI=1S/C20H28N2O5S/c1-5-6-9-26-15-8-7-14(12-16(15)25-4)18-17(13(2)21-20(28)22-18)19(23)27-11-10-24-3/h7-8,12,18H,5-6,9-11H2,1-4H3,(H2,21,22,28)/t18-/m0/s1. The van der Waals surface area contributed by atoms with E-state index in [9.17, 15) is 4.79 Å². The smallest absolute Gasteiger partial charge is 0.338 e. The van der Waals surface area contributed by atoms with Gasteiger partial charge < -0.3 is 29.6 Å². The van der Waals surface area contributed by atoms with Gasteiger partial charge in [-0.25, -0.2) is 4.79 Å². The van der Waals surface area contributed by atoms with Crippen molar-refractivity contribution in [1.82, 2.24) is 10.6 Å². The summed E-state index contributed by atoms with van der Waals surface area (Å²) in [5.41, 5.74) is 1.94. The molecule has 2 rings (SSSR count). The maximum Gasteiger partial charge on any atom is 0.338 e. The fourth-order valence-electron chi connectivity index (χ4n) is 2.82. The lowest BCUT2D eigenvalue weighted by Crippen LogP contribution is -2.45. The molecule has 0 amide bonds. The predicted octanol–water partition coefficient (Wildman–Crippen LogP) is 2.86. The minimum absolute atomic E-state index is 0.177. The largest absolute Gasteiger partial charge is 0.493 e. The Morgan fingerprint density at radius 3 is 2.64 bits per heavy atom. The van der Waals surface area contributed by atoms with Crippen LogP contribution in [0.2, 0.25) is 0 Å². The van der Waals surface area contributed by atoms with Gasteiger partial charge in [0.2, 0.25) is 0 Å². The van der Waals surface area contributed by atoms with E-state index >= 15 is 0 Å². The van der Waals surface area contributed by atoms with E-state index in [0.717, 1.165) is 18.4 Å². The molecule has 8 heteroatoms. The molecular weight excluding hydrogens is 380 g/mol. The van der Waals surface area contributed by atoms with Crippen LogP contribution >= 0.6 is 12.2 Å². The molecule has 1 aromatic carbocycles. The van der Waals surface area contributed by atoms with Crippen LogP contribution < -0.4 is 20.1 Å². The Hall–Kier alpha value is -2.32. The summed E-state index contributed by atoms with van der Waals surface area (Å²) >= 11 is 5.28. The molecule has 7 nitrogen and oxygen atoms in total. The van der Waals surface area contributed by atoms with Crippen molar-refractivity contribution < 1.29 is 23.7 Å². The van der Waals surface area contributed by atoms with Gasteiger partial charge in [-0.3, -0.25) is 0 Å². The molecule has 1 heterocycles. The van der Waals surface area contributed by atoms with Crippen LogP contribution in [0, 0.1) is 0 Å². The SMILES string of the molecule is CCCCOc1ccc([C@@H]2NC(=S)NC(C)=C2C(=O)OCCOC)cc1OC. The van der Waals surface area contributed by atoms with Gasteiger partial charge in [-0.2, -0.15) is 0 Å². The number of hydrogen-bond acceptors (Lipinski definition) is 6. The van der Waals surface area contributed by atoms with E-state index in [-0.39, 0.29) is 6.61 Å². The Morgan fingerprint density at radius 2 is 1.96 bits per heavy atom. The second-order valence-corrected chi connectivity index (χ2v) is 6.72. The van der Waals surface area contributed by atoms with E-state index in [1.807, 2.05) is 18.2 Å². The van der Waals surface area contributed by atoms with Gasteiger partial charge >= 0.3 is 5.97 Å². The number of allylic oxidation sites excluding steroid dienone is 1. The summed E-state index contributed by atoms with van der Waals surface area (Å²) in [5, 5.41) is 6.57. The van der Waals surface area contributed by atoms with Crippen molar-refractivity contribution in [2.45, 2.75) is 32.7 Å². The van der Waals surface area contributed by atoms with E-state index in [0.29, 0.717) is 41.1 Å². The van der Waals surface area contributed by atoms with Crippen molar-refractivity contribution in [2.24, 2.45) is 0 Å². The van der Waals surface area contributed by atoms with E-state index in [4.69, 9.17) is 31.2 Å². The normalized spacial score (nSPS) is 16.3. The molecule has 0 unspecified atom stereocenters. The zero-order chi connectivity index (χ0) is 20.5. The van der Waals surface area contributed by atoms with Gasteiger partial charge in [-0.05, 0) is 43.3 Å². The summed E-state index contributed by atoms with van der Waals surface area (Å²) in [6.07, 6.45) is 2.02. The fraction of sp³-hybridized carbons (Fsp3) is 0.500. The highest BCUT2D eigenvalue weighted by Gasteiger charge is 2.31. The van der Waals surface area contributed by atoms with Crippen molar-refractivity contribution in [3.63, 3.8) is 0 Å². The zero-order valence-electron chi connectivity index (χ0n) is 16.8. The van der Waals surface area contributed by atoms with Crippen molar-refractivity contribution in [2.75, 3.05) is 34.0 Å². The third-order valence-electron chi connectivity index (χ3n) is 4.29. The minimum Gasteiger partial charge on any atom is -0.493 e. The molecule has 2 N–H and O–H groups in total. The van der Waals surface area contributed by atoms with Gasteiger partial charge in [0.25, 0.3) is 0 Å². The lowest BCUT2D eigenvalue weighted by Gasteiger charge is -2.30. The van der Waals surface area contributed by atoms with E-state index < -0.39 is 12.0 Å². The third kappa shape index (κ3) is 5.59. The van der Waals surface area contributed by atoms with Crippen LogP contribution in [0.15, 0.2) is 29.5 Å². The van der Waals surface area contributed by atoms with Crippen LogP contribution in [0.4, 0.5) is 0 Å². The molecule has 1 aliphatic heterocycles. The van der Waals surface area contributed by atoms with E-state index in [1.54, 1.807) is 21.1 Å². The Bertz CT molecular complexity index is 735. The molecule has 0 aliphatic carbocycles. The van der Waals surface area contributed by atoms with Crippen LogP contribution in [0.3, 0.4) is 0 Å². The predicted molar refractivity (Wildman–Crippen MR) is 111 cm³/mol. The Morgan fingerprint density at radius 1 is 1.18 bits per heavy atom. The highest BCUT2D eigenvalue weighted by Crippen LogP contribution is 2.34. The van der Waals surface area contributed by atoms with Crippen LogP contribution in [0.1, 0.15) is 38.3 Å². The zero-order valence-corrected chi connectivity index (χ0v) is 17.6. The number of hydrogen-bond donors (Lipinski definition) is 2. The molecule has 0 aromatic heterocycles. The van der Waals surface area contributed by atoms with Gasteiger partial charge in [-0.15, -0.1) is 0 Å². The lowest BCUT2D eigenvalue weighted by molar-refractivity contribution is -0.140. The molecule has 0 spiro atoms. The first-order chi connectivity index (χ1) is 13.5. The molecule has 0 bridgehead atoms. The molecule has 0 saturated heterocycles. The number of unbranched alkanes of at least 4 members (excludes halogenated alkanes) is 1. The van der Waals surface area contributed by atoms with Crippen LogP contribution in [0.5, 0.6) is 11.5 Å². The molecule has 0 fully saturated rings. The second-order valence-electron chi connectivity index (χ2n) is 6.31. The Kier molecular flexibility index (Phi) is 8.53. The first-order valence-corrected chi connectivity index (χ1v) is 9.67. The first-order valence-electron chi connectivity index (χ1n) is 9.26. The number of benzene rings is 1. The van der Waals surface area contributed by atoms with Crippen molar-refractivity contribution in [1.29, 1.82) is 0 Å². The number of esters is 1. The number of carbonyl (C=O) groups excluding carboxylic acids is 1. The molecule has 1 aliphatic rings. The number of rotatable bonds is 10. The summed E-state index contributed by atoms with van der Waals surface area (Å²) in [5.74, 6) is 0.843. The van der Waals surface area contributed by atoms with Crippen LogP contribution in [-0.2, 0) is 14.3 Å². The van der Waals surface area contributed by atoms with E-state index in [2.05, 4.69) is 17.6 Å². The van der Waals surface area contributed by atoms with Gasteiger partial charge in [-0.1, -0.05) is 19.4 Å². The topological polar surface area (TPSA) is 78.1 Å². The van der Waals surface area contributed by atoms with Crippen molar-refractivity contribution >= 4 is 23.3 Å². The van der Waals surface area contributed by atoms with Gasteiger partial charge in [0.1, 0.15) is 6.61 Å². The van der Waals surface area contributed by atoms with Crippen molar-refractivity contribution in [3.8, 4) is 11.5 Å². The molecule has 0 saturated carbocycles. The molecule has 1 atom stereocenters. The fourth-order valence-corrected chi connectivity index (χ4v) is 3.09. The maximum absolute atomic E-state index is 12.7. The Labute approximate surface area is 171 Å². The summed E-state index contributed by atoms with van der Waals surface area (Å²) in [7, 11) is 3.15. The maximum atomic E-state index is 12.7. The quantitative estimate of drug-likeness (QED) is 0.348. The summed E-state index contributed by atoms with van der Waals surface area (Å²) in [6.45, 7) is 5.04. The third-order valence-corrected chi connectivity index (χ3v) is 4.51. The average molecular weight is 409 g/mol. The second kappa shape index (κ2) is 10.9. The minimum atomic E-state index is -0.456. The highest BCUT2D eigenvalue weighted by molar-refractivity contribution is 7.80. The number of thiocarbonyl (C=S) groups is 1. The molecule has 28 heavy (non-hydrogen) atoms. The van der Waals surface area contributed by atoms with Gasteiger partial charge in [0.05, 0.1) is 31.9 Å². The monoisotopic (exact) mass is 408 g/mol. The average Bonchev–Trinajstić information content (AvgIpc) is 2.67. The molecular formula is C20H28N2O5S. The highest BCUT2D eigenvalue weighted by atomic mass is 32.1. The molecule has 0 radical (unpaired) electrons. The van der Waals surface area contributed by atoms with Crippen molar-refractivity contribution in [3.05, 3.63) is 35.0 Å². The van der Waals surface area contributed by atoms with Gasteiger partial charge in [0.15, 0.2) is 16.6 Å². The Balaban J connectivity index is 2.30. The lowest BCUT2D eigenvalue weighted by atomic mass is 9.95. The summed E-state index contributed by atoms with van der Waals surface area (Å²) in [4.78, 5) is 12.7. The number of methoxy groups -OCH3 is 2.